The summed E-state index contributed by atoms with van der Waals surface area (Å²) in [6, 6.07) is 6.00. The Morgan fingerprint density at radius 3 is 2.88 bits per heavy atom. The van der Waals surface area contributed by atoms with Gasteiger partial charge in [0.05, 0.1) is 17.4 Å². The molecule has 0 aliphatic carbocycles. The Morgan fingerprint density at radius 1 is 1.42 bits per heavy atom. The number of nitrogens with zero attached hydrogens (tertiary/aromatic N) is 2. The van der Waals surface area contributed by atoms with Crippen molar-refractivity contribution < 1.29 is 4.39 Å². The lowest BCUT2D eigenvalue weighted by Crippen LogP contribution is -2.03. The van der Waals surface area contributed by atoms with Crippen LogP contribution < -0.4 is 5.32 Å². The number of hydrogen-bond acceptors (Lipinski definition) is 3. The summed E-state index contributed by atoms with van der Waals surface area (Å²) < 4.78 is 15.2. The van der Waals surface area contributed by atoms with E-state index in [2.05, 4.69) is 28.8 Å². The minimum atomic E-state index is -0.806. The molecule has 3 heterocycles. The molecule has 0 saturated heterocycles. The van der Waals surface area contributed by atoms with Gasteiger partial charge in [-0.2, -0.15) is 5.10 Å². The van der Waals surface area contributed by atoms with Gasteiger partial charge in [-0.1, -0.05) is 17.7 Å². The molecule has 0 aromatic carbocycles. The fourth-order valence-corrected chi connectivity index (χ4v) is 3.89. The van der Waals surface area contributed by atoms with Crippen LogP contribution in [0.1, 0.15) is 35.0 Å². The topological polar surface area (TPSA) is 29.3 Å². The third-order valence-electron chi connectivity index (χ3n) is 4.31. The van der Waals surface area contributed by atoms with Crippen LogP contribution in [-0.4, -0.2) is 15.8 Å². The second-order valence-corrected chi connectivity index (χ2v) is 7.50. The number of alkyl halides is 1. The van der Waals surface area contributed by atoms with Gasteiger partial charge >= 0.3 is 0 Å². The van der Waals surface area contributed by atoms with Crippen molar-refractivity contribution >= 4 is 34.1 Å². The first-order valence-corrected chi connectivity index (χ1v) is 9.30. The summed E-state index contributed by atoms with van der Waals surface area (Å²) in [6.45, 7) is 6.44. The highest BCUT2D eigenvalue weighted by Crippen LogP contribution is 2.31. The molecular formula is C18H21ClFN3S. The molecule has 3 aromatic heterocycles. The molecule has 3 aromatic rings. The van der Waals surface area contributed by atoms with Crippen molar-refractivity contribution in [3.63, 3.8) is 0 Å². The summed E-state index contributed by atoms with van der Waals surface area (Å²) in [7, 11) is 0. The molecule has 0 fully saturated rings. The second kappa shape index (κ2) is 7.11. The van der Waals surface area contributed by atoms with E-state index in [0.717, 1.165) is 34.6 Å². The normalized spacial score (nSPS) is 12.7. The first kappa shape index (κ1) is 17.2. The lowest BCUT2D eigenvalue weighted by molar-refractivity contribution is 0.341. The van der Waals surface area contributed by atoms with Crippen molar-refractivity contribution in [2.24, 2.45) is 0 Å². The van der Waals surface area contributed by atoms with Gasteiger partial charge in [-0.25, -0.2) is 8.91 Å². The molecule has 0 radical (unpaired) electrons. The Bertz CT molecular complexity index is 840. The molecule has 0 aliphatic rings. The highest BCUT2D eigenvalue weighted by atomic mass is 35.5. The molecule has 128 valence electrons. The lowest BCUT2D eigenvalue weighted by atomic mass is 10.0. The zero-order valence-corrected chi connectivity index (χ0v) is 15.6. The van der Waals surface area contributed by atoms with Gasteiger partial charge in [0.25, 0.3) is 0 Å². The summed E-state index contributed by atoms with van der Waals surface area (Å²) in [6.07, 6.45) is 0.421. The molecule has 0 spiro atoms. The van der Waals surface area contributed by atoms with Crippen LogP contribution in [0, 0.1) is 13.8 Å². The number of anilines is 1. The van der Waals surface area contributed by atoms with Crippen LogP contribution in [0.15, 0.2) is 23.6 Å². The Balaban J connectivity index is 2.00. The van der Waals surface area contributed by atoms with Crippen LogP contribution in [0.3, 0.4) is 0 Å². The number of hydrogen-bond donors (Lipinski definition) is 1. The Morgan fingerprint density at radius 2 is 2.21 bits per heavy atom. The molecule has 1 N–H and O–H groups in total. The smallest absolute Gasteiger partial charge is 0.152 e. The van der Waals surface area contributed by atoms with Gasteiger partial charge in [0.15, 0.2) is 5.15 Å². The maximum Gasteiger partial charge on any atom is 0.152 e. The van der Waals surface area contributed by atoms with Crippen molar-refractivity contribution in [2.45, 2.75) is 46.3 Å². The van der Waals surface area contributed by atoms with E-state index in [9.17, 15) is 4.39 Å². The summed E-state index contributed by atoms with van der Waals surface area (Å²) in [5.41, 5.74) is 5.32. The van der Waals surface area contributed by atoms with Crippen LogP contribution in [-0.2, 0) is 13.0 Å². The Labute approximate surface area is 150 Å². The first-order valence-electron chi connectivity index (χ1n) is 8.05. The SMILES string of the molecule is Cc1c(CCC(C)F)c(C)n2nc(Cl)cc(NCc3cccs3)c12. The maximum absolute atomic E-state index is 13.3. The minimum Gasteiger partial charge on any atom is -0.378 e. The zero-order valence-electron chi connectivity index (χ0n) is 14.1. The molecule has 6 heteroatoms. The van der Waals surface area contributed by atoms with Crippen LogP contribution in [0.25, 0.3) is 5.52 Å². The number of thiophene rings is 1. The molecule has 3 rings (SSSR count). The summed E-state index contributed by atoms with van der Waals surface area (Å²) >= 11 is 7.93. The maximum atomic E-state index is 13.3. The van der Waals surface area contributed by atoms with Gasteiger partial charge in [-0.05, 0) is 56.2 Å². The molecule has 3 nitrogen and oxygen atoms in total. The molecule has 0 amide bonds. The van der Waals surface area contributed by atoms with E-state index in [-0.39, 0.29) is 0 Å². The third kappa shape index (κ3) is 3.42. The molecule has 1 atom stereocenters. The van der Waals surface area contributed by atoms with Crippen molar-refractivity contribution in [1.29, 1.82) is 0 Å². The summed E-state index contributed by atoms with van der Waals surface area (Å²) in [5, 5.41) is 10.4. The Kier molecular flexibility index (Phi) is 5.11. The van der Waals surface area contributed by atoms with Gasteiger partial charge in [0.1, 0.15) is 0 Å². The van der Waals surface area contributed by atoms with Gasteiger partial charge < -0.3 is 5.32 Å². The lowest BCUT2D eigenvalue weighted by Gasteiger charge is -2.09. The van der Waals surface area contributed by atoms with Crippen molar-refractivity contribution in [3.8, 4) is 0 Å². The van der Waals surface area contributed by atoms with E-state index < -0.39 is 6.17 Å². The molecular weight excluding hydrogens is 345 g/mol. The molecule has 0 saturated carbocycles. The number of nitrogens with one attached hydrogen (secondary N) is 1. The van der Waals surface area contributed by atoms with Crippen LogP contribution >= 0.6 is 22.9 Å². The average molecular weight is 366 g/mol. The number of rotatable bonds is 6. The van der Waals surface area contributed by atoms with Crippen LogP contribution in [0.4, 0.5) is 10.1 Å². The summed E-state index contributed by atoms with van der Waals surface area (Å²) in [5.74, 6) is 0. The monoisotopic (exact) mass is 365 g/mol. The van der Waals surface area contributed by atoms with Gasteiger partial charge in [-0.15, -0.1) is 11.3 Å². The van der Waals surface area contributed by atoms with Crippen LogP contribution in [0.2, 0.25) is 5.15 Å². The molecule has 1 unspecified atom stereocenters. The largest absolute Gasteiger partial charge is 0.378 e. The quantitative estimate of drug-likeness (QED) is 0.618. The molecule has 0 aliphatic heterocycles. The van der Waals surface area contributed by atoms with Crippen molar-refractivity contribution in [3.05, 3.63) is 50.4 Å². The fraction of sp³-hybridized carbons (Fsp3) is 0.389. The highest BCUT2D eigenvalue weighted by molar-refractivity contribution is 7.09. The van der Waals surface area contributed by atoms with Gasteiger partial charge in [-0.3, -0.25) is 0 Å². The van der Waals surface area contributed by atoms with Gasteiger partial charge in [0.2, 0.25) is 0 Å². The third-order valence-corrected chi connectivity index (χ3v) is 5.37. The fourth-order valence-electron chi connectivity index (χ4n) is 3.06. The highest BCUT2D eigenvalue weighted by Gasteiger charge is 2.17. The van der Waals surface area contributed by atoms with Crippen molar-refractivity contribution in [1.82, 2.24) is 9.61 Å². The number of fused-ring (bicyclic) bond motifs is 1. The van der Waals surface area contributed by atoms with Crippen molar-refractivity contribution in [2.75, 3.05) is 5.32 Å². The molecule has 24 heavy (non-hydrogen) atoms. The predicted molar refractivity (Wildman–Crippen MR) is 100 cm³/mol. The number of aryl methyl sites for hydroxylation is 2. The van der Waals surface area contributed by atoms with Crippen LogP contribution in [0.5, 0.6) is 0 Å². The van der Waals surface area contributed by atoms with Gasteiger partial charge in [0, 0.05) is 23.2 Å². The van der Waals surface area contributed by atoms with E-state index in [1.54, 1.807) is 18.3 Å². The number of aromatic nitrogens is 2. The second-order valence-electron chi connectivity index (χ2n) is 6.08. The average Bonchev–Trinajstić information content (AvgIpc) is 3.12. The standard InChI is InChI=1S/C18H21ClFN3S/c1-11(20)6-7-15-12(2)18-16(21-10-14-5-4-8-24-14)9-17(19)22-23(18)13(15)3/h4-5,8-9,11,21H,6-7,10H2,1-3H3. The van der Waals surface area contributed by atoms with E-state index in [1.807, 2.05) is 23.6 Å². The number of halogens is 2. The van der Waals surface area contributed by atoms with E-state index in [1.165, 1.54) is 4.88 Å². The summed E-state index contributed by atoms with van der Waals surface area (Å²) in [4.78, 5) is 1.26. The minimum absolute atomic E-state index is 0.444. The first-order chi connectivity index (χ1) is 11.5. The van der Waals surface area contributed by atoms with E-state index >= 15 is 0 Å². The molecule has 0 bridgehead atoms. The van der Waals surface area contributed by atoms with E-state index in [4.69, 9.17) is 11.6 Å². The van der Waals surface area contributed by atoms with E-state index in [0.29, 0.717) is 18.0 Å². The predicted octanol–water partition coefficient (Wildman–Crippen LogP) is 5.57. The Hall–Kier alpha value is -1.59. The zero-order chi connectivity index (χ0) is 17.3.